The Balaban J connectivity index is 2.39. The van der Waals surface area contributed by atoms with E-state index in [4.69, 9.17) is 14.2 Å². The normalized spacial score (nSPS) is 20.0. The first kappa shape index (κ1) is 35.2. The minimum atomic E-state index is -0.836. The van der Waals surface area contributed by atoms with Crippen molar-refractivity contribution in [3.05, 3.63) is 48.6 Å². The highest BCUT2D eigenvalue weighted by Crippen LogP contribution is 2.39. The van der Waals surface area contributed by atoms with Crippen LogP contribution in [0.5, 0.6) is 0 Å². The molecule has 1 fully saturated rings. The molecule has 0 aromatic heterocycles. The third kappa shape index (κ3) is 10.4. The highest BCUT2D eigenvalue weighted by atomic mass is 32.2. The number of carbonyl (C=O) groups is 4. The summed E-state index contributed by atoms with van der Waals surface area (Å²) in [5.41, 5.74) is -1.53. The topological polar surface area (TPSA) is 102 Å². The third-order valence-electron chi connectivity index (χ3n) is 6.21. The van der Waals surface area contributed by atoms with E-state index >= 15 is 0 Å². The van der Waals surface area contributed by atoms with E-state index in [-0.39, 0.29) is 5.92 Å². The molecular formula is C32H48N2O7S. The lowest BCUT2D eigenvalue weighted by atomic mass is 9.97. The smallest absolute Gasteiger partial charge is 0.418 e. The molecule has 2 unspecified atom stereocenters. The Hall–Kier alpha value is -3.01. The maximum Gasteiger partial charge on any atom is 0.418 e. The van der Waals surface area contributed by atoms with Crippen LogP contribution < -0.4 is 0 Å². The number of carbonyl (C=O) groups excluding carboxylic acids is 4. The van der Waals surface area contributed by atoms with Crippen molar-refractivity contribution in [3.63, 3.8) is 0 Å². The molecule has 1 aromatic carbocycles. The van der Waals surface area contributed by atoms with E-state index in [1.54, 1.807) is 68.4 Å². The first-order valence-electron chi connectivity index (χ1n) is 14.3. The van der Waals surface area contributed by atoms with Gasteiger partial charge in [-0.2, -0.15) is 0 Å². The summed E-state index contributed by atoms with van der Waals surface area (Å²) in [5, 5.41) is -0.668. The van der Waals surface area contributed by atoms with Gasteiger partial charge in [-0.1, -0.05) is 36.4 Å². The Labute approximate surface area is 255 Å². The van der Waals surface area contributed by atoms with Gasteiger partial charge in [-0.05, 0) is 92.4 Å². The number of rotatable bonds is 8. The molecule has 1 saturated heterocycles. The number of thioether (sulfide) groups is 1. The number of esters is 1. The second kappa shape index (κ2) is 14.0. The van der Waals surface area contributed by atoms with E-state index in [2.05, 4.69) is 6.58 Å². The van der Waals surface area contributed by atoms with Crippen molar-refractivity contribution in [1.29, 1.82) is 0 Å². The zero-order chi connectivity index (χ0) is 32.0. The molecule has 9 nitrogen and oxygen atoms in total. The summed E-state index contributed by atoms with van der Waals surface area (Å²) in [5.74, 6) is -0.692. The number of nitrogens with zero attached hydrogens (tertiary/aromatic N) is 2. The van der Waals surface area contributed by atoms with Crippen molar-refractivity contribution in [3.8, 4) is 0 Å². The van der Waals surface area contributed by atoms with Crippen molar-refractivity contribution in [1.82, 2.24) is 9.80 Å². The molecule has 0 aliphatic carbocycles. The SMILES string of the molecule is C=C[C@@H]1C[C@H](C(=O)OC(C)(C)C)N(C(=O)OC(C)(C)C)C1CCSC(c1ccccc1)N(C(C)=O)C(=O)OC(C)(C)C. The standard InChI is InChI=1S/C32H48N2O7S/c1-12-22-20-25(27(36)39-30(3,4)5)34(29(38)41-32(9,10)11)24(22)18-19-42-26(23-16-14-13-15-17-23)33(21(2)35)28(37)40-31(6,7)8/h12-17,22,24-26H,1,18-20H2,2-11H3/t22-,24?,25-,26?/m1/s1. The van der Waals surface area contributed by atoms with Crippen LogP contribution in [0.4, 0.5) is 9.59 Å². The van der Waals surface area contributed by atoms with E-state index < -0.39 is 58.3 Å². The molecule has 0 saturated carbocycles. The first-order valence-corrected chi connectivity index (χ1v) is 15.3. The number of hydrogen-bond acceptors (Lipinski definition) is 8. The van der Waals surface area contributed by atoms with Crippen LogP contribution in [-0.2, 0) is 23.8 Å². The molecule has 42 heavy (non-hydrogen) atoms. The quantitative estimate of drug-likeness (QED) is 0.134. The predicted octanol–water partition coefficient (Wildman–Crippen LogP) is 7.11. The van der Waals surface area contributed by atoms with E-state index in [0.717, 1.165) is 10.5 Å². The van der Waals surface area contributed by atoms with E-state index in [1.807, 2.05) is 30.3 Å². The molecule has 0 bridgehead atoms. The zero-order valence-electron chi connectivity index (χ0n) is 26.8. The van der Waals surface area contributed by atoms with Gasteiger partial charge in [-0.15, -0.1) is 18.3 Å². The van der Waals surface area contributed by atoms with Gasteiger partial charge in [0.05, 0.1) is 0 Å². The van der Waals surface area contributed by atoms with Crippen molar-refractivity contribution >= 4 is 35.8 Å². The Morgan fingerprint density at radius 2 is 1.50 bits per heavy atom. The summed E-state index contributed by atoms with van der Waals surface area (Å²) < 4.78 is 17.0. The average Bonchev–Trinajstić information content (AvgIpc) is 3.19. The van der Waals surface area contributed by atoms with Gasteiger partial charge >= 0.3 is 18.2 Å². The number of likely N-dealkylation sites (tertiary alicyclic amines) is 1. The molecule has 234 valence electrons. The molecule has 2 rings (SSSR count). The van der Waals surface area contributed by atoms with Gasteiger partial charge in [0.15, 0.2) is 0 Å². The molecule has 10 heteroatoms. The summed E-state index contributed by atoms with van der Waals surface area (Å²) in [7, 11) is 0. The lowest BCUT2D eigenvalue weighted by Gasteiger charge is -2.34. The molecule has 1 aliphatic rings. The minimum Gasteiger partial charge on any atom is -0.458 e. The van der Waals surface area contributed by atoms with E-state index in [1.165, 1.54) is 23.6 Å². The van der Waals surface area contributed by atoms with Crippen LogP contribution in [0.15, 0.2) is 43.0 Å². The fourth-order valence-corrected chi connectivity index (χ4v) is 6.00. The number of benzene rings is 1. The predicted molar refractivity (Wildman–Crippen MR) is 165 cm³/mol. The van der Waals surface area contributed by atoms with Crippen molar-refractivity contribution < 1.29 is 33.4 Å². The number of amides is 3. The van der Waals surface area contributed by atoms with Crippen LogP contribution in [0.2, 0.25) is 0 Å². The van der Waals surface area contributed by atoms with Gasteiger partial charge in [0.2, 0.25) is 5.91 Å². The molecule has 4 atom stereocenters. The molecular weight excluding hydrogens is 556 g/mol. The van der Waals surface area contributed by atoms with Gasteiger partial charge in [-0.3, -0.25) is 9.69 Å². The lowest BCUT2D eigenvalue weighted by molar-refractivity contribution is -0.160. The number of imide groups is 1. The monoisotopic (exact) mass is 604 g/mol. The van der Waals surface area contributed by atoms with Gasteiger partial charge in [-0.25, -0.2) is 19.3 Å². The summed E-state index contributed by atoms with van der Waals surface area (Å²) in [6, 6.07) is 8.01. The average molecular weight is 605 g/mol. The minimum absolute atomic E-state index is 0.194. The fourth-order valence-electron chi connectivity index (χ4n) is 4.67. The third-order valence-corrected chi connectivity index (χ3v) is 7.48. The van der Waals surface area contributed by atoms with Crippen molar-refractivity contribution in [2.24, 2.45) is 5.92 Å². The Bertz CT molecular complexity index is 1120. The molecule has 3 amide bonds. The maximum atomic E-state index is 13.5. The molecule has 0 spiro atoms. The highest BCUT2D eigenvalue weighted by molar-refractivity contribution is 7.99. The van der Waals surface area contributed by atoms with Gasteiger partial charge in [0.25, 0.3) is 0 Å². The van der Waals surface area contributed by atoms with Gasteiger partial charge in [0.1, 0.15) is 28.2 Å². The zero-order valence-corrected chi connectivity index (χ0v) is 27.6. The van der Waals surface area contributed by atoms with E-state index in [9.17, 15) is 19.2 Å². The molecule has 1 aliphatic heterocycles. The maximum absolute atomic E-state index is 13.5. The Morgan fingerprint density at radius 3 is 1.98 bits per heavy atom. The fraction of sp³-hybridized carbons (Fsp3) is 0.625. The largest absolute Gasteiger partial charge is 0.458 e. The first-order chi connectivity index (χ1) is 19.2. The van der Waals surface area contributed by atoms with Crippen LogP contribution in [0.1, 0.15) is 93.0 Å². The molecule has 1 heterocycles. The highest BCUT2D eigenvalue weighted by Gasteiger charge is 2.48. The van der Waals surface area contributed by atoms with Crippen LogP contribution in [0, 0.1) is 5.92 Å². The Morgan fingerprint density at radius 1 is 0.952 bits per heavy atom. The second-order valence-electron chi connectivity index (χ2n) is 13.4. The number of ether oxygens (including phenoxy) is 3. The molecule has 0 radical (unpaired) electrons. The molecule has 0 N–H and O–H groups in total. The summed E-state index contributed by atoms with van der Waals surface area (Å²) in [6.45, 7) is 21.2. The summed E-state index contributed by atoms with van der Waals surface area (Å²) in [4.78, 5) is 55.3. The van der Waals surface area contributed by atoms with Crippen LogP contribution in [0.3, 0.4) is 0 Å². The van der Waals surface area contributed by atoms with Crippen molar-refractivity contribution in [2.75, 3.05) is 5.75 Å². The number of hydrogen-bond donors (Lipinski definition) is 0. The van der Waals surface area contributed by atoms with Crippen LogP contribution in [0.25, 0.3) is 0 Å². The lowest BCUT2D eigenvalue weighted by Crippen LogP contribution is -2.49. The van der Waals surface area contributed by atoms with Gasteiger partial charge < -0.3 is 14.2 Å². The second-order valence-corrected chi connectivity index (χ2v) is 14.6. The van der Waals surface area contributed by atoms with Crippen LogP contribution in [-0.4, -0.2) is 68.5 Å². The summed E-state index contributed by atoms with van der Waals surface area (Å²) >= 11 is 1.39. The van der Waals surface area contributed by atoms with Gasteiger partial charge in [0, 0.05) is 13.0 Å². The van der Waals surface area contributed by atoms with Crippen molar-refractivity contribution in [2.45, 2.75) is 116 Å². The summed E-state index contributed by atoms with van der Waals surface area (Å²) in [6.07, 6.45) is 1.22. The van der Waals surface area contributed by atoms with E-state index in [0.29, 0.717) is 18.6 Å². The Kier molecular flexibility index (Phi) is 11.7. The van der Waals surface area contributed by atoms with Crippen LogP contribution >= 0.6 is 11.8 Å². The molecule has 1 aromatic rings.